The average Bonchev–Trinajstić information content (AvgIpc) is 2.13. The fourth-order valence-corrected chi connectivity index (χ4v) is 0.767. The van der Waals surface area contributed by atoms with Gasteiger partial charge in [0.15, 0.2) is 0 Å². The zero-order valence-electron chi connectivity index (χ0n) is 8.42. The number of amides is 1. The minimum Gasteiger partial charge on any atom is -0.469 e. The maximum atomic E-state index is 11.1. The van der Waals surface area contributed by atoms with Crippen molar-refractivity contribution in [3.05, 3.63) is 0 Å². The van der Waals surface area contributed by atoms with Gasteiger partial charge in [0.25, 0.3) is 0 Å². The van der Waals surface area contributed by atoms with E-state index in [2.05, 4.69) is 10.1 Å². The summed E-state index contributed by atoms with van der Waals surface area (Å²) in [6.45, 7) is 3.92. The lowest BCUT2D eigenvalue weighted by Gasteiger charge is -2.10. The molecule has 4 heteroatoms. The van der Waals surface area contributed by atoms with Crippen molar-refractivity contribution in [2.45, 2.75) is 39.2 Å². The van der Waals surface area contributed by atoms with Crippen molar-refractivity contribution < 1.29 is 14.3 Å². The molecule has 1 atom stereocenters. The first-order valence-corrected chi connectivity index (χ1v) is 4.46. The van der Waals surface area contributed by atoms with E-state index < -0.39 is 0 Å². The van der Waals surface area contributed by atoms with Gasteiger partial charge in [-0.05, 0) is 13.3 Å². The molecule has 0 radical (unpaired) electrons. The minimum atomic E-state index is -0.348. The Bertz CT molecular complexity index is 180. The van der Waals surface area contributed by atoms with Crippen molar-refractivity contribution in [3.63, 3.8) is 0 Å². The van der Waals surface area contributed by atoms with E-state index in [4.69, 9.17) is 0 Å². The molecule has 0 aromatic heterocycles. The predicted molar refractivity (Wildman–Crippen MR) is 49.1 cm³/mol. The van der Waals surface area contributed by atoms with Gasteiger partial charge in [-0.25, -0.2) is 0 Å². The lowest BCUT2D eigenvalue weighted by Crippen LogP contribution is -2.32. The molecule has 0 spiro atoms. The van der Waals surface area contributed by atoms with Crippen molar-refractivity contribution in [1.82, 2.24) is 5.32 Å². The molecule has 4 nitrogen and oxygen atoms in total. The van der Waals surface area contributed by atoms with Gasteiger partial charge >= 0.3 is 5.97 Å². The molecule has 1 amide bonds. The molecule has 76 valence electrons. The Hall–Kier alpha value is -1.06. The van der Waals surface area contributed by atoms with E-state index in [0.29, 0.717) is 0 Å². The van der Waals surface area contributed by atoms with Crippen LogP contribution in [0.25, 0.3) is 0 Å². The van der Waals surface area contributed by atoms with Gasteiger partial charge in [-0.1, -0.05) is 6.92 Å². The van der Waals surface area contributed by atoms with Crippen LogP contribution < -0.4 is 5.32 Å². The number of carbonyl (C=O) groups excluding carboxylic acids is 2. The number of methoxy groups -OCH3 is 1. The quantitative estimate of drug-likeness (QED) is 0.649. The molecule has 0 aliphatic carbocycles. The Morgan fingerprint density at radius 3 is 2.46 bits per heavy atom. The minimum absolute atomic E-state index is 0.0975. The summed E-state index contributed by atoms with van der Waals surface area (Å²) in [6, 6.07) is 0.171. The topological polar surface area (TPSA) is 55.4 Å². The van der Waals surface area contributed by atoms with Crippen LogP contribution in [0.1, 0.15) is 33.1 Å². The van der Waals surface area contributed by atoms with E-state index in [0.717, 1.165) is 6.42 Å². The molecular formula is C9H17NO3. The molecule has 13 heavy (non-hydrogen) atoms. The highest BCUT2D eigenvalue weighted by Gasteiger charge is 2.08. The summed E-state index contributed by atoms with van der Waals surface area (Å²) in [6.07, 6.45) is 1.25. The molecule has 0 fully saturated rings. The fraction of sp³-hybridized carbons (Fsp3) is 0.778. The van der Waals surface area contributed by atoms with Crippen molar-refractivity contribution >= 4 is 11.9 Å². The summed E-state index contributed by atoms with van der Waals surface area (Å²) < 4.78 is 4.41. The Balaban J connectivity index is 3.57. The summed E-state index contributed by atoms with van der Waals surface area (Å²) >= 11 is 0. The first-order valence-electron chi connectivity index (χ1n) is 4.46. The van der Waals surface area contributed by atoms with Crippen molar-refractivity contribution in [2.75, 3.05) is 7.11 Å². The van der Waals surface area contributed by atoms with Gasteiger partial charge in [0, 0.05) is 12.5 Å². The Morgan fingerprint density at radius 1 is 1.38 bits per heavy atom. The van der Waals surface area contributed by atoms with Crippen molar-refractivity contribution in [1.29, 1.82) is 0 Å². The van der Waals surface area contributed by atoms with Crippen LogP contribution in [0, 0.1) is 0 Å². The third-order valence-corrected chi connectivity index (χ3v) is 1.80. The average molecular weight is 187 g/mol. The van der Waals surface area contributed by atoms with Gasteiger partial charge in [0.2, 0.25) is 5.91 Å². The van der Waals surface area contributed by atoms with Crippen LogP contribution in [0.3, 0.4) is 0 Å². The van der Waals surface area contributed by atoms with Gasteiger partial charge in [-0.2, -0.15) is 0 Å². The Labute approximate surface area is 78.6 Å². The molecule has 0 bridgehead atoms. The molecule has 1 N–H and O–H groups in total. The monoisotopic (exact) mass is 187 g/mol. The lowest BCUT2D eigenvalue weighted by atomic mass is 10.2. The van der Waals surface area contributed by atoms with Gasteiger partial charge in [0.05, 0.1) is 13.5 Å². The van der Waals surface area contributed by atoms with E-state index in [1.165, 1.54) is 7.11 Å². The van der Waals surface area contributed by atoms with Crippen LogP contribution >= 0.6 is 0 Å². The molecule has 0 unspecified atom stereocenters. The number of hydrogen-bond donors (Lipinski definition) is 1. The van der Waals surface area contributed by atoms with Crippen LogP contribution in [0.4, 0.5) is 0 Å². The van der Waals surface area contributed by atoms with Crippen LogP contribution in [0.2, 0.25) is 0 Å². The number of ether oxygens (including phenoxy) is 1. The van der Waals surface area contributed by atoms with Gasteiger partial charge in [-0.3, -0.25) is 9.59 Å². The van der Waals surface area contributed by atoms with E-state index in [9.17, 15) is 9.59 Å². The van der Waals surface area contributed by atoms with Gasteiger partial charge in [0.1, 0.15) is 0 Å². The highest BCUT2D eigenvalue weighted by Crippen LogP contribution is 1.94. The van der Waals surface area contributed by atoms with Crippen LogP contribution in [0.5, 0.6) is 0 Å². The van der Waals surface area contributed by atoms with Crippen LogP contribution in [-0.2, 0) is 14.3 Å². The summed E-state index contributed by atoms with van der Waals surface area (Å²) in [7, 11) is 1.31. The standard InChI is InChI=1S/C9H17NO3/c1-4-7(2)10-8(11)5-6-9(12)13-3/h7H,4-6H2,1-3H3,(H,10,11)/t7-/m1/s1. The van der Waals surface area contributed by atoms with E-state index in [1.807, 2.05) is 13.8 Å². The molecule has 0 saturated carbocycles. The normalized spacial score (nSPS) is 11.9. The second kappa shape index (κ2) is 6.46. The van der Waals surface area contributed by atoms with Crippen molar-refractivity contribution in [3.8, 4) is 0 Å². The second-order valence-corrected chi connectivity index (χ2v) is 2.95. The first-order chi connectivity index (χ1) is 6.10. The van der Waals surface area contributed by atoms with Gasteiger partial charge in [-0.15, -0.1) is 0 Å². The predicted octanol–water partition coefficient (Wildman–Crippen LogP) is 0.854. The summed E-state index contributed by atoms with van der Waals surface area (Å²) in [5.74, 6) is -0.445. The van der Waals surface area contributed by atoms with Gasteiger partial charge < -0.3 is 10.1 Å². The highest BCUT2D eigenvalue weighted by molar-refractivity contribution is 5.81. The van der Waals surface area contributed by atoms with Crippen LogP contribution in [0.15, 0.2) is 0 Å². The molecule has 0 saturated heterocycles. The number of esters is 1. The van der Waals surface area contributed by atoms with Crippen molar-refractivity contribution in [2.24, 2.45) is 0 Å². The zero-order valence-corrected chi connectivity index (χ0v) is 8.42. The molecule has 0 rings (SSSR count). The van der Waals surface area contributed by atoms with E-state index >= 15 is 0 Å². The number of hydrogen-bond acceptors (Lipinski definition) is 3. The maximum Gasteiger partial charge on any atom is 0.306 e. The summed E-state index contributed by atoms with van der Waals surface area (Å²) in [5.41, 5.74) is 0. The second-order valence-electron chi connectivity index (χ2n) is 2.95. The molecular weight excluding hydrogens is 170 g/mol. The third kappa shape index (κ3) is 6.13. The molecule has 0 heterocycles. The summed E-state index contributed by atoms with van der Waals surface area (Å²) in [4.78, 5) is 21.8. The maximum absolute atomic E-state index is 11.1. The molecule has 0 aliphatic rings. The third-order valence-electron chi connectivity index (χ3n) is 1.80. The first kappa shape index (κ1) is 11.9. The van der Waals surface area contributed by atoms with E-state index in [1.54, 1.807) is 0 Å². The Kier molecular flexibility index (Phi) is 5.93. The van der Waals surface area contributed by atoms with E-state index in [-0.39, 0.29) is 30.8 Å². The van der Waals surface area contributed by atoms with Crippen LogP contribution in [-0.4, -0.2) is 25.0 Å². The SMILES string of the molecule is CC[C@@H](C)NC(=O)CCC(=O)OC. The number of nitrogens with one attached hydrogen (secondary N) is 1. The summed E-state index contributed by atoms with van der Waals surface area (Å²) in [5, 5.41) is 2.76. The number of rotatable bonds is 5. The number of carbonyl (C=O) groups is 2. The highest BCUT2D eigenvalue weighted by atomic mass is 16.5. The molecule has 0 aromatic carbocycles. The Morgan fingerprint density at radius 2 is 2.00 bits per heavy atom. The zero-order chi connectivity index (χ0) is 10.3. The largest absolute Gasteiger partial charge is 0.469 e. The smallest absolute Gasteiger partial charge is 0.306 e. The molecule has 0 aromatic rings. The fourth-order valence-electron chi connectivity index (χ4n) is 0.767. The molecule has 0 aliphatic heterocycles. The lowest BCUT2D eigenvalue weighted by molar-refractivity contribution is -0.142.